The van der Waals surface area contributed by atoms with Crippen molar-refractivity contribution in [3.05, 3.63) is 23.6 Å². The van der Waals surface area contributed by atoms with Crippen molar-refractivity contribution in [1.29, 1.82) is 0 Å². The second-order valence-electron chi connectivity index (χ2n) is 6.40. The maximum atomic E-state index is 5.92. The van der Waals surface area contributed by atoms with Gasteiger partial charge in [-0.3, -0.25) is 4.90 Å². The number of rotatable bonds is 4. The lowest BCUT2D eigenvalue weighted by atomic mass is 10.2. The van der Waals surface area contributed by atoms with E-state index in [4.69, 9.17) is 23.6 Å². The van der Waals surface area contributed by atoms with Crippen LogP contribution in [0.1, 0.15) is 31.2 Å². The van der Waals surface area contributed by atoms with E-state index < -0.39 is 0 Å². The third-order valence-electron chi connectivity index (χ3n) is 4.84. The highest BCUT2D eigenvalue weighted by Gasteiger charge is 2.25. The molecule has 24 heavy (non-hydrogen) atoms. The number of aryl methyl sites for hydroxylation is 1. The highest BCUT2D eigenvalue weighted by molar-refractivity contribution is 5.66. The molecule has 1 fully saturated rings. The second-order valence-corrected chi connectivity index (χ2v) is 6.40. The summed E-state index contributed by atoms with van der Waals surface area (Å²) in [5, 5.41) is 0. The SMILES string of the molecule is COc1cc(-c2nc(CN3CCC[C@H]3C)c(C)o2)cc2c1OCO2. The van der Waals surface area contributed by atoms with E-state index in [1.54, 1.807) is 7.11 Å². The molecule has 2 aromatic rings. The fraction of sp³-hybridized carbons (Fsp3) is 0.500. The minimum absolute atomic E-state index is 0.206. The molecule has 1 atom stereocenters. The third kappa shape index (κ3) is 2.60. The molecular weight excluding hydrogens is 308 g/mol. The van der Waals surface area contributed by atoms with Gasteiger partial charge in [-0.05, 0) is 45.4 Å². The molecule has 0 radical (unpaired) electrons. The maximum Gasteiger partial charge on any atom is 0.231 e. The number of likely N-dealkylation sites (tertiary alicyclic amines) is 1. The first kappa shape index (κ1) is 15.3. The monoisotopic (exact) mass is 330 g/mol. The average Bonchev–Trinajstić information content (AvgIpc) is 3.28. The molecule has 0 N–H and O–H groups in total. The highest BCUT2D eigenvalue weighted by atomic mass is 16.7. The van der Waals surface area contributed by atoms with Gasteiger partial charge < -0.3 is 18.6 Å². The maximum absolute atomic E-state index is 5.92. The van der Waals surface area contributed by atoms with Crippen molar-refractivity contribution >= 4 is 0 Å². The first-order valence-electron chi connectivity index (χ1n) is 8.34. The lowest BCUT2D eigenvalue weighted by molar-refractivity contribution is 0.171. The van der Waals surface area contributed by atoms with Crippen LogP contribution >= 0.6 is 0 Å². The van der Waals surface area contributed by atoms with Crippen LogP contribution in [0.4, 0.5) is 0 Å². The van der Waals surface area contributed by atoms with Crippen molar-refractivity contribution in [2.45, 2.75) is 39.3 Å². The number of methoxy groups -OCH3 is 1. The molecule has 1 saturated heterocycles. The zero-order valence-electron chi connectivity index (χ0n) is 14.3. The molecule has 128 valence electrons. The first-order valence-corrected chi connectivity index (χ1v) is 8.34. The van der Waals surface area contributed by atoms with Crippen molar-refractivity contribution in [2.24, 2.45) is 0 Å². The summed E-state index contributed by atoms with van der Waals surface area (Å²) < 4.78 is 22.2. The number of nitrogens with zero attached hydrogens (tertiary/aromatic N) is 2. The Morgan fingerprint density at radius 2 is 2.21 bits per heavy atom. The van der Waals surface area contributed by atoms with Gasteiger partial charge in [0.15, 0.2) is 11.5 Å². The highest BCUT2D eigenvalue weighted by Crippen LogP contribution is 2.44. The molecule has 1 aromatic carbocycles. The minimum atomic E-state index is 0.206. The number of oxazole rings is 1. The summed E-state index contributed by atoms with van der Waals surface area (Å²) in [5.74, 6) is 3.38. The van der Waals surface area contributed by atoms with E-state index in [-0.39, 0.29) is 6.79 Å². The predicted octanol–water partition coefficient (Wildman–Crippen LogP) is 3.37. The van der Waals surface area contributed by atoms with Gasteiger partial charge in [0.1, 0.15) is 5.76 Å². The van der Waals surface area contributed by atoms with Crippen molar-refractivity contribution in [3.63, 3.8) is 0 Å². The second kappa shape index (κ2) is 6.02. The average molecular weight is 330 g/mol. The Hall–Kier alpha value is -2.21. The minimum Gasteiger partial charge on any atom is -0.493 e. The standard InChI is InChI=1S/C18H22N2O4/c1-11-5-4-6-20(11)9-14-12(2)24-18(19-14)13-7-15(21-3)17-16(8-13)22-10-23-17/h7-8,11H,4-6,9-10H2,1-3H3/t11-/m1/s1. The van der Waals surface area contributed by atoms with E-state index in [1.165, 1.54) is 12.8 Å². The number of benzene rings is 1. The largest absolute Gasteiger partial charge is 0.493 e. The van der Waals surface area contributed by atoms with Crippen molar-refractivity contribution < 1.29 is 18.6 Å². The van der Waals surface area contributed by atoms with E-state index >= 15 is 0 Å². The first-order chi connectivity index (χ1) is 11.7. The van der Waals surface area contributed by atoms with Crippen LogP contribution in [0.15, 0.2) is 16.5 Å². The number of hydrogen-bond acceptors (Lipinski definition) is 6. The number of ether oxygens (including phenoxy) is 3. The van der Waals surface area contributed by atoms with Crippen molar-refractivity contribution in [2.75, 3.05) is 20.4 Å². The molecule has 0 unspecified atom stereocenters. The summed E-state index contributed by atoms with van der Waals surface area (Å²) in [6.07, 6.45) is 2.51. The lowest BCUT2D eigenvalue weighted by Gasteiger charge is -2.19. The third-order valence-corrected chi connectivity index (χ3v) is 4.84. The van der Waals surface area contributed by atoms with Crippen LogP contribution in [0.25, 0.3) is 11.5 Å². The predicted molar refractivity (Wildman–Crippen MR) is 88.5 cm³/mol. The smallest absolute Gasteiger partial charge is 0.231 e. The Balaban J connectivity index is 1.64. The van der Waals surface area contributed by atoms with Crippen molar-refractivity contribution in [3.8, 4) is 28.7 Å². The van der Waals surface area contributed by atoms with E-state index in [0.29, 0.717) is 29.2 Å². The number of fused-ring (bicyclic) bond motifs is 1. The molecule has 0 bridgehead atoms. The number of hydrogen-bond donors (Lipinski definition) is 0. The molecule has 0 spiro atoms. The zero-order chi connectivity index (χ0) is 16.7. The molecule has 1 aromatic heterocycles. The molecular formula is C18H22N2O4. The van der Waals surface area contributed by atoms with E-state index in [2.05, 4.69) is 11.8 Å². The van der Waals surface area contributed by atoms with Crippen LogP contribution in [0.3, 0.4) is 0 Å². The molecule has 3 heterocycles. The summed E-state index contributed by atoms with van der Waals surface area (Å²) in [4.78, 5) is 7.17. The van der Waals surface area contributed by atoms with Gasteiger partial charge in [-0.15, -0.1) is 0 Å². The summed E-state index contributed by atoms with van der Waals surface area (Å²) in [6, 6.07) is 4.37. The topological polar surface area (TPSA) is 57.0 Å². The quantitative estimate of drug-likeness (QED) is 0.857. The molecule has 0 saturated carbocycles. The molecule has 6 heteroatoms. The van der Waals surface area contributed by atoms with Gasteiger partial charge >= 0.3 is 0 Å². The summed E-state index contributed by atoms with van der Waals surface area (Å²) in [6.45, 7) is 6.40. The van der Waals surface area contributed by atoms with Crippen LogP contribution in [0.5, 0.6) is 17.2 Å². The number of aromatic nitrogens is 1. The summed E-state index contributed by atoms with van der Waals surface area (Å²) in [7, 11) is 1.61. The molecule has 2 aliphatic heterocycles. The van der Waals surface area contributed by atoms with Gasteiger partial charge in [-0.1, -0.05) is 0 Å². The van der Waals surface area contributed by atoms with Gasteiger partial charge in [0, 0.05) is 18.2 Å². The lowest BCUT2D eigenvalue weighted by Crippen LogP contribution is -2.26. The Kier molecular flexibility index (Phi) is 3.84. The Labute approximate surface area is 141 Å². The Morgan fingerprint density at radius 3 is 2.96 bits per heavy atom. The van der Waals surface area contributed by atoms with Gasteiger partial charge in [-0.2, -0.15) is 0 Å². The molecule has 4 rings (SSSR count). The molecule has 0 amide bonds. The van der Waals surface area contributed by atoms with Crippen LogP contribution in [-0.4, -0.2) is 36.4 Å². The Morgan fingerprint density at radius 1 is 1.33 bits per heavy atom. The van der Waals surface area contributed by atoms with Crippen LogP contribution in [0.2, 0.25) is 0 Å². The van der Waals surface area contributed by atoms with Crippen LogP contribution in [-0.2, 0) is 6.54 Å². The molecule has 6 nitrogen and oxygen atoms in total. The van der Waals surface area contributed by atoms with E-state index in [0.717, 1.165) is 30.1 Å². The fourth-order valence-electron chi connectivity index (χ4n) is 3.37. The fourth-order valence-corrected chi connectivity index (χ4v) is 3.37. The Bertz CT molecular complexity index is 756. The zero-order valence-corrected chi connectivity index (χ0v) is 14.3. The molecule has 2 aliphatic rings. The normalized spacial score (nSPS) is 19.9. The van der Waals surface area contributed by atoms with Crippen LogP contribution in [0, 0.1) is 6.92 Å². The van der Waals surface area contributed by atoms with Gasteiger partial charge in [0.05, 0.1) is 12.8 Å². The van der Waals surface area contributed by atoms with Gasteiger partial charge in [0.25, 0.3) is 0 Å². The summed E-state index contributed by atoms with van der Waals surface area (Å²) >= 11 is 0. The van der Waals surface area contributed by atoms with Crippen molar-refractivity contribution in [1.82, 2.24) is 9.88 Å². The van der Waals surface area contributed by atoms with Gasteiger partial charge in [-0.25, -0.2) is 4.98 Å². The summed E-state index contributed by atoms with van der Waals surface area (Å²) in [5.41, 5.74) is 1.83. The van der Waals surface area contributed by atoms with E-state index in [1.807, 2.05) is 19.1 Å². The van der Waals surface area contributed by atoms with Crippen LogP contribution < -0.4 is 14.2 Å². The van der Waals surface area contributed by atoms with E-state index in [9.17, 15) is 0 Å². The molecule has 0 aliphatic carbocycles. The van der Waals surface area contributed by atoms with Gasteiger partial charge in [0.2, 0.25) is 18.4 Å².